The lowest BCUT2D eigenvalue weighted by atomic mass is 10.0. The Bertz CT molecular complexity index is 405. The van der Waals surface area contributed by atoms with Crippen LogP contribution >= 0.6 is 0 Å². The minimum Gasteiger partial charge on any atom is -0.395 e. The van der Waals surface area contributed by atoms with Crippen molar-refractivity contribution in [2.45, 2.75) is 32.2 Å². The number of aromatic nitrogens is 1. The molecule has 0 aromatic carbocycles. The molecule has 1 aromatic heterocycles. The Hall–Kier alpha value is -1.40. The molecule has 18 heavy (non-hydrogen) atoms. The first kappa shape index (κ1) is 13.0. The molecule has 1 fully saturated rings. The van der Waals surface area contributed by atoms with Crippen molar-refractivity contribution in [2.75, 3.05) is 25.0 Å². The summed E-state index contributed by atoms with van der Waals surface area (Å²) in [6, 6.07) is 1.78. The number of hydrogen-bond donors (Lipinski definition) is 2. The van der Waals surface area contributed by atoms with E-state index < -0.39 is 0 Å². The first-order chi connectivity index (χ1) is 8.69. The van der Waals surface area contributed by atoms with Crippen LogP contribution in [0.25, 0.3) is 0 Å². The molecule has 1 aliphatic heterocycles. The molecule has 100 valence electrons. The predicted molar refractivity (Wildman–Crippen MR) is 66.2 cm³/mol. The molecular formula is C12H19N3O3. The largest absolute Gasteiger partial charge is 0.395 e. The Morgan fingerprint density at radius 3 is 3.17 bits per heavy atom. The van der Waals surface area contributed by atoms with Crippen molar-refractivity contribution in [2.24, 2.45) is 0 Å². The van der Waals surface area contributed by atoms with Crippen molar-refractivity contribution < 1.29 is 14.4 Å². The molecule has 2 rings (SSSR count). The molecule has 0 saturated carbocycles. The van der Waals surface area contributed by atoms with Crippen LogP contribution in [-0.2, 0) is 4.79 Å². The predicted octanol–water partition coefficient (Wildman–Crippen LogP) is 0.768. The molecular weight excluding hydrogens is 234 g/mol. The van der Waals surface area contributed by atoms with E-state index in [1.54, 1.807) is 13.0 Å². The van der Waals surface area contributed by atoms with E-state index in [0.717, 1.165) is 25.8 Å². The average Bonchev–Trinajstić information content (AvgIpc) is 2.75. The van der Waals surface area contributed by atoms with Crippen LogP contribution in [0.3, 0.4) is 0 Å². The van der Waals surface area contributed by atoms with Gasteiger partial charge >= 0.3 is 0 Å². The zero-order valence-electron chi connectivity index (χ0n) is 10.6. The van der Waals surface area contributed by atoms with E-state index in [1.165, 1.54) is 0 Å². The highest BCUT2D eigenvalue weighted by molar-refractivity contribution is 5.91. The molecule has 1 atom stereocenters. The number of likely N-dealkylation sites (tertiary alicyclic amines) is 1. The number of amides is 1. The third-order valence-electron chi connectivity index (χ3n) is 3.20. The third kappa shape index (κ3) is 3.30. The van der Waals surface area contributed by atoms with Crippen molar-refractivity contribution in [3.8, 4) is 0 Å². The van der Waals surface area contributed by atoms with Crippen LogP contribution in [0.15, 0.2) is 10.6 Å². The maximum absolute atomic E-state index is 11.8. The van der Waals surface area contributed by atoms with Crippen LogP contribution in [0, 0.1) is 6.92 Å². The lowest BCUT2D eigenvalue weighted by Crippen LogP contribution is -2.45. The number of aliphatic hydroxyl groups excluding tert-OH is 1. The summed E-state index contributed by atoms with van der Waals surface area (Å²) in [5.74, 6) is 0.982. The molecule has 6 nitrogen and oxygen atoms in total. The fraction of sp³-hybridized carbons (Fsp3) is 0.667. The molecule has 1 saturated heterocycles. The Labute approximate surface area is 106 Å². The van der Waals surface area contributed by atoms with Crippen molar-refractivity contribution >= 4 is 11.7 Å². The summed E-state index contributed by atoms with van der Waals surface area (Å²) >= 11 is 0. The van der Waals surface area contributed by atoms with Crippen LogP contribution in [0.5, 0.6) is 0 Å². The van der Waals surface area contributed by atoms with Gasteiger partial charge in [-0.3, -0.25) is 9.69 Å². The Kier molecular flexibility index (Phi) is 4.33. The van der Waals surface area contributed by atoms with Crippen LogP contribution < -0.4 is 5.32 Å². The normalized spacial score (nSPS) is 20.9. The fourth-order valence-corrected chi connectivity index (χ4v) is 2.27. The number of anilines is 1. The minimum atomic E-state index is -0.122. The number of nitrogens with one attached hydrogen (secondary N) is 1. The molecule has 1 unspecified atom stereocenters. The lowest BCUT2D eigenvalue weighted by Gasteiger charge is -2.33. The summed E-state index contributed by atoms with van der Waals surface area (Å²) in [7, 11) is 0. The van der Waals surface area contributed by atoms with Crippen LogP contribution in [0.4, 0.5) is 5.82 Å². The number of carbonyl (C=O) groups excluding carboxylic acids is 1. The zero-order chi connectivity index (χ0) is 13.0. The van der Waals surface area contributed by atoms with E-state index in [0.29, 0.717) is 11.6 Å². The van der Waals surface area contributed by atoms with Gasteiger partial charge < -0.3 is 14.9 Å². The van der Waals surface area contributed by atoms with Gasteiger partial charge in [0.25, 0.3) is 0 Å². The van der Waals surface area contributed by atoms with Gasteiger partial charge in [0.15, 0.2) is 5.82 Å². The first-order valence-electron chi connectivity index (χ1n) is 6.27. The SMILES string of the molecule is Cc1cc(NC(=O)CN2CCCCC2CO)no1. The highest BCUT2D eigenvalue weighted by atomic mass is 16.5. The molecule has 2 N–H and O–H groups in total. The van der Waals surface area contributed by atoms with Crippen molar-refractivity contribution in [3.63, 3.8) is 0 Å². The summed E-state index contributed by atoms with van der Waals surface area (Å²) in [6.07, 6.45) is 3.14. The van der Waals surface area contributed by atoms with E-state index in [1.807, 2.05) is 4.90 Å². The minimum absolute atomic E-state index is 0.101. The van der Waals surface area contributed by atoms with Gasteiger partial charge in [0.05, 0.1) is 13.2 Å². The summed E-state index contributed by atoms with van der Waals surface area (Å²) in [4.78, 5) is 13.9. The Morgan fingerprint density at radius 2 is 2.50 bits per heavy atom. The second-order valence-electron chi connectivity index (χ2n) is 4.67. The standard InChI is InChI=1S/C12H19N3O3/c1-9-6-11(14-18-9)13-12(17)7-15-5-3-2-4-10(15)8-16/h6,10,16H,2-5,7-8H2,1H3,(H,13,14,17). The first-order valence-corrected chi connectivity index (χ1v) is 6.27. The quantitative estimate of drug-likeness (QED) is 0.828. The highest BCUT2D eigenvalue weighted by Gasteiger charge is 2.23. The lowest BCUT2D eigenvalue weighted by molar-refractivity contribution is -0.118. The number of piperidine rings is 1. The molecule has 1 amide bonds. The zero-order valence-corrected chi connectivity index (χ0v) is 10.6. The average molecular weight is 253 g/mol. The van der Waals surface area contributed by atoms with Crippen molar-refractivity contribution in [1.29, 1.82) is 0 Å². The highest BCUT2D eigenvalue weighted by Crippen LogP contribution is 2.16. The Morgan fingerprint density at radius 1 is 1.67 bits per heavy atom. The van der Waals surface area contributed by atoms with Gasteiger partial charge in [0, 0.05) is 12.1 Å². The summed E-state index contributed by atoms with van der Waals surface area (Å²) < 4.78 is 4.88. The maximum atomic E-state index is 11.8. The van der Waals surface area contributed by atoms with E-state index >= 15 is 0 Å². The van der Waals surface area contributed by atoms with Crippen LogP contribution in [0.1, 0.15) is 25.0 Å². The van der Waals surface area contributed by atoms with E-state index in [-0.39, 0.29) is 25.1 Å². The number of carbonyl (C=O) groups is 1. The number of aliphatic hydroxyl groups is 1. The van der Waals surface area contributed by atoms with Gasteiger partial charge in [-0.1, -0.05) is 11.6 Å². The summed E-state index contributed by atoms with van der Waals surface area (Å²) in [5, 5.41) is 15.7. The van der Waals surface area contributed by atoms with Gasteiger partial charge in [0.2, 0.25) is 5.91 Å². The molecule has 1 aliphatic rings. The van der Waals surface area contributed by atoms with Crippen molar-refractivity contribution in [3.05, 3.63) is 11.8 Å². The van der Waals surface area contributed by atoms with Gasteiger partial charge in [0.1, 0.15) is 5.76 Å². The van der Waals surface area contributed by atoms with Crippen LogP contribution in [0.2, 0.25) is 0 Å². The smallest absolute Gasteiger partial charge is 0.239 e. The topological polar surface area (TPSA) is 78.6 Å². The Balaban J connectivity index is 1.86. The second-order valence-corrected chi connectivity index (χ2v) is 4.67. The van der Waals surface area contributed by atoms with Gasteiger partial charge in [-0.05, 0) is 26.3 Å². The number of rotatable bonds is 4. The van der Waals surface area contributed by atoms with Gasteiger partial charge in [-0.25, -0.2) is 0 Å². The molecule has 0 aliphatic carbocycles. The molecule has 2 heterocycles. The second kappa shape index (κ2) is 5.97. The van der Waals surface area contributed by atoms with E-state index in [2.05, 4.69) is 10.5 Å². The molecule has 1 aromatic rings. The summed E-state index contributed by atoms with van der Waals surface area (Å²) in [6.45, 7) is 3.03. The number of nitrogens with zero attached hydrogens (tertiary/aromatic N) is 2. The van der Waals surface area contributed by atoms with Crippen LogP contribution in [-0.4, -0.2) is 46.8 Å². The maximum Gasteiger partial charge on any atom is 0.239 e. The summed E-state index contributed by atoms with van der Waals surface area (Å²) in [5.41, 5.74) is 0. The van der Waals surface area contributed by atoms with Gasteiger partial charge in [-0.15, -0.1) is 0 Å². The number of aryl methyl sites for hydroxylation is 1. The molecule has 0 radical (unpaired) electrons. The third-order valence-corrected chi connectivity index (χ3v) is 3.20. The fourth-order valence-electron chi connectivity index (χ4n) is 2.27. The number of hydrogen-bond acceptors (Lipinski definition) is 5. The monoisotopic (exact) mass is 253 g/mol. The van der Waals surface area contributed by atoms with Gasteiger partial charge in [-0.2, -0.15) is 0 Å². The van der Waals surface area contributed by atoms with E-state index in [4.69, 9.17) is 4.52 Å². The molecule has 6 heteroatoms. The van der Waals surface area contributed by atoms with E-state index in [9.17, 15) is 9.90 Å². The molecule has 0 spiro atoms. The molecule has 0 bridgehead atoms. The van der Waals surface area contributed by atoms with Crippen molar-refractivity contribution in [1.82, 2.24) is 10.1 Å².